The number of hydrogen-bond donors (Lipinski definition) is 1. The third-order valence-corrected chi connectivity index (χ3v) is 3.48. The Kier molecular flexibility index (Phi) is 4.02. The molecule has 1 atom stereocenters. The summed E-state index contributed by atoms with van der Waals surface area (Å²) in [5.41, 5.74) is 0. The molecule has 1 N–H and O–H groups in total. The number of aliphatic hydroxyl groups excluding tert-OH is 1. The molecule has 2 rings (SSSR count). The molecule has 0 aliphatic rings. The van der Waals surface area contributed by atoms with Crippen LogP contribution in [0.25, 0.3) is 10.8 Å². The van der Waals surface area contributed by atoms with E-state index in [2.05, 4.69) is 28.1 Å². The summed E-state index contributed by atoms with van der Waals surface area (Å²) in [5, 5.41) is 11.3. The molecule has 2 nitrogen and oxygen atoms in total. The number of halogens is 1. The SMILES string of the molecule is CC(CO)COc1ccc2ccccc2c1Br. The summed E-state index contributed by atoms with van der Waals surface area (Å²) >= 11 is 3.57. The molecule has 0 fully saturated rings. The number of aliphatic hydroxyl groups is 1. The van der Waals surface area contributed by atoms with Gasteiger partial charge in [0, 0.05) is 12.5 Å². The number of ether oxygens (including phenoxy) is 1. The Bertz CT molecular complexity index is 511. The average Bonchev–Trinajstić information content (AvgIpc) is 2.38. The zero-order valence-corrected chi connectivity index (χ0v) is 11.3. The van der Waals surface area contributed by atoms with Crippen molar-refractivity contribution in [3.05, 3.63) is 40.9 Å². The first-order valence-electron chi connectivity index (χ1n) is 5.63. The molecule has 0 aliphatic carbocycles. The lowest BCUT2D eigenvalue weighted by atomic mass is 10.1. The fourth-order valence-electron chi connectivity index (χ4n) is 1.61. The quantitative estimate of drug-likeness (QED) is 0.933. The van der Waals surface area contributed by atoms with Crippen molar-refractivity contribution in [3.8, 4) is 5.75 Å². The molecule has 0 aliphatic heterocycles. The monoisotopic (exact) mass is 294 g/mol. The first-order valence-corrected chi connectivity index (χ1v) is 6.42. The summed E-state index contributed by atoms with van der Waals surface area (Å²) in [7, 11) is 0. The van der Waals surface area contributed by atoms with Crippen LogP contribution in [0.2, 0.25) is 0 Å². The van der Waals surface area contributed by atoms with Crippen LogP contribution in [-0.2, 0) is 0 Å². The third-order valence-electron chi connectivity index (χ3n) is 2.66. The second kappa shape index (κ2) is 5.52. The predicted molar refractivity (Wildman–Crippen MR) is 73.4 cm³/mol. The van der Waals surface area contributed by atoms with Gasteiger partial charge in [0.25, 0.3) is 0 Å². The summed E-state index contributed by atoms with van der Waals surface area (Å²) in [6.07, 6.45) is 0. The zero-order chi connectivity index (χ0) is 12.3. The molecule has 0 bridgehead atoms. The Morgan fingerprint density at radius 2 is 2.00 bits per heavy atom. The fraction of sp³-hybridized carbons (Fsp3) is 0.286. The Balaban J connectivity index is 2.26. The van der Waals surface area contributed by atoms with Crippen molar-refractivity contribution in [1.29, 1.82) is 0 Å². The predicted octanol–water partition coefficient (Wildman–Crippen LogP) is 3.61. The highest BCUT2D eigenvalue weighted by Gasteiger charge is 2.07. The molecule has 2 aromatic carbocycles. The minimum absolute atomic E-state index is 0.144. The average molecular weight is 295 g/mol. The van der Waals surface area contributed by atoms with E-state index < -0.39 is 0 Å². The van der Waals surface area contributed by atoms with E-state index in [1.807, 2.05) is 31.2 Å². The molecule has 17 heavy (non-hydrogen) atoms. The number of benzene rings is 2. The van der Waals surface area contributed by atoms with Gasteiger partial charge in [-0.05, 0) is 32.8 Å². The molecule has 2 aromatic rings. The zero-order valence-electron chi connectivity index (χ0n) is 9.69. The van der Waals surface area contributed by atoms with Gasteiger partial charge in [0.15, 0.2) is 0 Å². The van der Waals surface area contributed by atoms with Gasteiger partial charge < -0.3 is 9.84 Å². The topological polar surface area (TPSA) is 29.5 Å². The minimum atomic E-state index is 0.144. The molecule has 0 saturated heterocycles. The molecule has 0 saturated carbocycles. The molecule has 1 unspecified atom stereocenters. The van der Waals surface area contributed by atoms with Crippen LogP contribution in [0.3, 0.4) is 0 Å². The first-order chi connectivity index (χ1) is 8.22. The molecule has 0 radical (unpaired) electrons. The second-order valence-electron chi connectivity index (χ2n) is 4.20. The van der Waals surface area contributed by atoms with Crippen molar-refractivity contribution in [2.45, 2.75) is 6.92 Å². The lowest BCUT2D eigenvalue weighted by Gasteiger charge is -2.13. The van der Waals surface area contributed by atoms with Gasteiger partial charge in [0.2, 0.25) is 0 Å². The third kappa shape index (κ3) is 2.79. The molecular formula is C14H15BrO2. The van der Waals surface area contributed by atoms with Gasteiger partial charge in [0.05, 0.1) is 11.1 Å². The van der Waals surface area contributed by atoms with Crippen LogP contribution < -0.4 is 4.74 Å². The smallest absolute Gasteiger partial charge is 0.134 e. The van der Waals surface area contributed by atoms with E-state index in [0.717, 1.165) is 15.6 Å². The fourth-order valence-corrected chi connectivity index (χ4v) is 2.22. The van der Waals surface area contributed by atoms with Gasteiger partial charge in [-0.15, -0.1) is 0 Å². The summed E-state index contributed by atoms with van der Waals surface area (Å²) in [5.74, 6) is 0.970. The van der Waals surface area contributed by atoms with E-state index in [4.69, 9.17) is 9.84 Å². The van der Waals surface area contributed by atoms with Gasteiger partial charge in [-0.25, -0.2) is 0 Å². The lowest BCUT2D eigenvalue weighted by molar-refractivity contribution is 0.174. The highest BCUT2D eigenvalue weighted by molar-refractivity contribution is 9.10. The maximum Gasteiger partial charge on any atom is 0.134 e. The summed E-state index contributed by atoms with van der Waals surface area (Å²) in [4.78, 5) is 0. The molecule has 90 valence electrons. The van der Waals surface area contributed by atoms with Gasteiger partial charge in [0.1, 0.15) is 5.75 Å². The van der Waals surface area contributed by atoms with Gasteiger partial charge in [-0.2, -0.15) is 0 Å². The van der Waals surface area contributed by atoms with Crippen molar-refractivity contribution >= 4 is 26.7 Å². The van der Waals surface area contributed by atoms with Gasteiger partial charge in [-0.3, -0.25) is 0 Å². The molecule has 0 heterocycles. The molecule has 0 amide bonds. The van der Waals surface area contributed by atoms with Crippen molar-refractivity contribution in [2.24, 2.45) is 5.92 Å². The summed E-state index contributed by atoms with van der Waals surface area (Å²) < 4.78 is 6.66. The second-order valence-corrected chi connectivity index (χ2v) is 4.99. The Morgan fingerprint density at radius 1 is 1.24 bits per heavy atom. The van der Waals surface area contributed by atoms with Crippen LogP contribution in [0.1, 0.15) is 6.92 Å². The standard InChI is InChI=1S/C14H15BrO2/c1-10(8-16)9-17-13-7-6-11-4-2-3-5-12(11)14(13)15/h2-7,10,16H,8-9H2,1H3. The Labute approximate surface area is 109 Å². The van der Waals surface area contributed by atoms with Gasteiger partial charge in [-0.1, -0.05) is 37.3 Å². The van der Waals surface area contributed by atoms with E-state index in [9.17, 15) is 0 Å². The minimum Gasteiger partial charge on any atom is -0.492 e. The van der Waals surface area contributed by atoms with Crippen LogP contribution in [0.5, 0.6) is 5.75 Å². The van der Waals surface area contributed by atoms with E-state index in [0.29, 0.717) is 6.61 Å². The van der Waals surface area contributed by atoms with E-state index in [1.165, 1.54) is 5.39 Å². The Hall–Kier alpha value is -1.06. The van der Waals surface area contributed by atoms with Crippen LogP contribution in [0.4, 0.5) is 0 Å². The van der Waals surface area contributed by atoms with Crippen molar-refractivity contribution in [2.75, 3.05) is 13.2 Å². The highest BCUT2D eigenvalue weighted by Crippen LogP contribution is 2.33. The molecule has 0 spiro atoms. The van der Waals surface area contributed by atoms with Crippen LogP contribution in [0, 0.1) is 5.92 Å². The van der Waals surface area contributed by atoms with E-state index in [1.54, 1.807) is 0 Å². The maximum atomic E-state index is 8.96. The van der Waals surface area contributed by atoms with Crippen LogP contribution in [-0.4, -0.2) is 18.3 Å². The van der Waals surface area contributed by atoms with E-state index >= 15 is 0 Å². The molecule has 0 aromatic heterocycles. The maximum absolute atomic E-state index is 8.96. The Morgan fingerprint density at radius 3 is 2.76 bits per heavy atom. The van der Waals surface area contributed by atoms with Crippen molar-refractivity contribution in [1.82, 2.24) is 0 Å². The van der Waals surface area contributed by atoms with Crippen molar-refractivity contribution < 1.29 is 9.84 Å². The molecule has 3 heteroatoms. The summed E-state index contributed by atoms with van der Waals surface area (Å²) in [6, 6.07) is 12.1. The number of hydrogen-bond acceptors (Lipinski definition) is 2. The van der Waals surface area contributed by atoms with E-state index in [-0.39, 0.29) is 12.5 Å². The normalized spacial score (nSPS) is 12.6. The molecular weight excluding hydrogens is 280 g/mol. The van der Waals surface area contributed by atoms with Crippen LogP contribution >= 0.6 is 15.9 Å². The lowest BCUT2D eigenvalue weighted by Crippen LogP contribution is -2.12. The van der Waals surface area contributed by atoms with Gasteiger partial charge >= 0.3 is 0 Å². The number of fused-ring (bicyclic) bond motifs is 1. The first kappa shape index (κ1) is 12.4. The largest absolute Gasteiger partial charge is 0.492 e. The summed E-state index contributed by atoms with van der Waals surface area (Å²) in [6.45, 7) is 2.62. The highest BCUT2D eigenvalue weighted by atomic mass is 79.9. The van der Waals surface area contributed by atoms with Crippen LogP contribution in [0.15, 0.2) is 40.9 Å². The number of rotatable bonds is 4. The van der Waals surface area contributed by atoms with Crippen molar-refractivity contribution in [3.63, 3.8) is 0 Å².